The number of nitrogens with two attached hydrogens (primary N) is 1. The Morgan fingerprint density at radius 2 is 2.00 bits per heavy atom. The lowest BCUT2D eigenvalue weighted by Crippen LogP contribution is -2.47. The van der Waals surface area contributed by atoms with E-state index in [1.54, 1.807) is 17.0 Å². The van der Waals surface area contributed by atoms with Crippen LogP contribution >= 0.6 is 0 Å². The minimum absolute atomic E-state index is 0.127. The van der Waals surface area contributed by atoms with Crippen LogP contribution in [0.3, 0.4) is 0 Å². The summed E-state index contributed by atoms with van der Waals surface area (Å²) in [6.45, 7) is 2.94. The number of aromatic nitrogens is 1. The lowest BCUT2D eigenvalue weighted by molar-refractivity contribution is 0.410. The summed E-state index contributed by atoms with van der Waals surface area (Å²) in [4.78, 5) is 5.82. The molecule has 2 heterocycles. The zero-order valence-electron chi connectivity index (χ0n) is 14.9. The molecule has 1 atom stereocenters. The van der Waals surface area contributed by atoms with Crippen molar-refractivity contribution in [2.45, 2.75) is 12.8 Å². The number of anilines is 1. The van der Waals surface area contributed by atoms with E-state index in [2.05, 4.69) is 15.5 Å². The summed E-state index contributed by atoms with van der Waals surface area (Å²) in [6, 6.07) is 16.6. The van der Waals surface area contributed by atoms with E-state index >= 15 is 0 Å². The van der Waals surface area contributed by atoms with Gasteiger partial charge in [0.25, 0.3) is 0 Å². The molecule has 0 spiro atoms. The van der Waals surface area contributed by atoms with Gasteiger partial charge in [-0.25, -0.2) is 9.38 Å². The van der Waals surface area contributed by atoms with Gasteiger partial charge in [-0.15, -0.1) is 0 Å². The monoisotopic (exact) mass is 365 g/mol. The van der Waals surface area contributed by atoms with E-state index in [4.69, 9.17) is 10.3 Å². The molecule has 0 amide bonds. The van der Waals surface area contributed by atoms with Gasteiger partial charge in [0.15, 0.2) is 0 Å². The Hall–Kier alpha value is -3.19. The van der Waals surface area contributed by atoms with Crippen molar-refractivity contribution in [2.75, 3.05) is 18.2 Å². The molecule has 6 nitrogen and oxygen atoms in total. The maximum absolute atomic E-state index is 14.7. The van der Waals surface area contributed by atoms with E-state index in [-0.39, 0.29) is 11.7 Å². The van der Waals surface area contributed by atoms with Gasteiger partial charge in [-0.05, 0) is 17.2 Å². The molecule has 0 radical (unpaired) electrons. The molecule has 1 unspecified atom stereocenters. The van der Waals surface area contributed by atoms with Crippen LogP contribution in [0.15, 0.2) is 64.1 Å². The molecule has 138 valence electrons. The zero-order valence-corrected chi connectivity index (χ0v) is 14.9. The van der Waals surface area contributed by atoms with Crippen LogP contribution in [0.4, 0.5) is 10.3 Å². The van der Waals surface area contributed by atoms with Gasteiger partial charge < -0.3 is 10.3 Å². The van der Waals surface area contributed by atoms with E-state index in [1.807, 2.05) is 49.4 Å². The lowest BCUT2D eigenvalue weighted by Gasteiger charge is -2.23. The Labute approximate surface area is 156 Å². The number of benzene rings is 2. The topological polar surface area (TPSA) is 79.7 Å². The highest BCUT2D eigenvalue weighted by molar-refractivity contribution is 5.93. The first-order valence-electron chi connectivity index (χ1n) is 8.73. The fourth-order valence-corrected chi connectivity index (χ4v) is 3.09. The van der Waals surface area contributed by atoms with Gasteiger partial charge in [-0.2, -0.15) is 0 Å². The molecule has 0 fully saturated rings. The molecule has 1 aliphatic heterocycles. The molecule has 4 rings (SSSR count). The predicted molar refractivity (Wildman–Crippen MR) is 103 cm³/mol. The van der Waals surface area contributed by atoms with Gasteiger partial charge in [-0.1, -0.05) is 54.5 Å². The third-order valence-electron chi connectivity index (χ3n) is 4.70. The Morgan fingerprint density at radius 3 is 2.74 bits per heavy atom. The number of guanidine groups is 1. The third-order valence-corrected chi connectivity index (χ3v) is 4.70. The van der Waals surface area contributed by atoms with Crippen molar-refractivity contribution in [2.24, 2.45) is 10.7 Å². The molecular formula is C20H20FN5O. The fraction of sp³-hybridized carbons (Fsp3) is 0.200. The summed E-state index contributed by atoms with van der Waals surface area (Å²) in [5.41, 5.74) is 8.86. The third kappa shape index (κ3) is 3.41. The van der Waals surface area contributed by atoms with Crippen molar-refractivity contribution in [3.8, 4) is 11.1 Å². The van der Waals surface area contributed by atoms with Gasteiger partial charge in [-0.3, -0.25) is 10.2 Å². The standard InChI is InChI=1S/C20H20FN5O/c1-13(18-10-19(27-25-18)26-12-23-11-24-20(26)22)15-7-8-16(17(21)9-15)14-5-3-2-4-6-14/h2-10,13,23H,11-12H2,1H3,(H2,22,24). The Morgan fingerprint density at radius 1 is 1.19 bits per heavy atom. The van der Waals surface area contributed by atoms with E-state index in [0.29, 0.717) is 36.4 Å². The summed E-state index contributed by atoms with van der Waals surface area (Å²) in [5.74, 6) is 0.498. The van der Waals surface area contributed by atoms with Gasteiger partial charge in [0, 0.05) is 17.5 Å². The number of hydrogen-bond donors (Lipinski definition) is 2. The molecular weight excluding hydrogens is 345 g/mol. The van der Waals surface area contributed by atoms with Crippen LogP contribution in [0, 0.1) is 5.82 Å². The highest BCUT2D eigenvalue weighted by Crippen LogP contribution is 2.30. The van der Waals surface area contributed by atoms with Gasteiger partial charge >= 0.3 is 0 Å². The number of nitrogens with zero attached hydrogens (tertiary/aromatic N) is 3. The van der Waals surface area contributed by atoms with Crippen molar-refractivity contribution in [1.82, 2.24) is 10.5 Å². The van der Waals surface area contributed by atoms with Crippen LogP contribution in [0.25, 0.3) is 11.1 Å². The lowest BCUT2D eigenvalue weighted by atomic mass is 9.95. The second-order valence-electron chi connectivity index (χ2n) is 6.43. The highest BCUT2D eigenvalue weighted by Gasteiger charge is 2.21. The minimum Gasteiger partial charge on any atom is -0.369 e. The second-order valence-corrected chi connectivity index (χ2v) is 6.43. The molecule has 3 aromatic rings. The predicted octanol–water partition coefficient (Wildman–Crippen LogP) is 3.27. The average molecular weight is 365 g/mol. The van der Waals surface area contributed by atoms with Crippen molar-refractivity contribution in [3.63, 3.8) is 0 Å². The Kier molecular flexibility index (Phi) is 4.60. The van der Waals surface area contributed by atoms with Crippen molar-refractivity contribution >= 4 is 11.8 Å². The molecule has 1 aliphatic rings. The van der Waals surface area contributed by atoms with E-state index in [1.165, 1.54) is 0 Å². The number of halogens is 1. The van der Waals surface area contributed by atoms with Crippen LogP contribution in [-0.4, -0.2) is 24.5 Å². The number of aliphatic imine (C=N–C) groups is 1. The second kappa shape index (κ2) is 7.20. The molecule has 7 heteroatoms. The van der Waals surface area contributed by atoms with Crippen LogP contribution in [0.2, 0.25) is 0 Å². The van der Waals surface area contributed by atoms with Crippen LogP contribution < -0.4 is 16.0 Å². The molecule has 1 aromatic heterocycles. The molecule has 0 bridgehead atoms. The summed E-state index contributed by atoms with van der Waals surface area (Å²) < 4.78 is 20.1. The summed E-state index contributed by atoms with van der Waals surface area (Å²) in [6.07, 6.45) is 0. The molecule has 0 saturated heterocycles. The van der Waals surface area contributed by atoms with E-state index < -0.39 is 0 Å². The summed E-state index contributed by atoms with van der Waals surface area (Å²) in [7, 11) is 0. The molecule has 2 aromatic carbocycles. The first-order chi connectivity index (χ1) is 13.1. The van der Waals surface area contributed by atoms with Crippen molar-refractivity contribution in [3.05, 3.63) is 71.7 Å². The van der Waals surface area contributed by atoms with Crippen molar-refractivity contribution in [1.29, 1.82) is 0 Å². The van der Waals surface area contributed by atoms with Crippen LogP contribution in [0.5, 0.6) is 0 Å². The maximum atomic E-state index is 14.7. The fourth-order valence-electron chi connectivity index (χ4n) is 3.09. The highest BCUT2D eigenvalue weighted by atomic mass is 19.1. The quantitative estimate of drug-likeness (QED) is 0.742. The number of rotatable bonds is 4. The maximum Gasteiger partial charge on any atom is 0.235 e. The van der Waals surface area contributed by atoms with Crippen LogP contribution in [-0.2, 0) is 0 Å². The van der Waals surface area contributed by atoms with Gasteiger partial charge in [0.05, 0.1) is 19.0 Å². The van der Waals surface area contributed by atoms with Crippen LogP contribution in [0.1, 0.15) is 24.1 Å². The smallest absolute Gasteiger partial charge is 0.235 e. The normalized spacial score (nSPS) is 15.5. The first-order valence-corrected chi connectivity index (χ1v) is 8.73. The summed E-state index contributed by atoms with van der Waals surface area (Å²) >= 11 is 0. The van der Waals surface area contributed by atoms with Crippen molar-refractivity contribution < 1.29 is 8.91 Å². The number of hydrogen-bond acceptors (Lipinski definition) is 6. The molecule has 3 N–H and O–H groups in total. The first kappa shape index (κ1) is 17.2. The average Bonchev–Trinajstić information content (AvgIpc) is 3.18. The molecule has 27 heavy (non-hydrogen) atoms. The number of nitrogens with one attached hydrogen (secondary N) is 1. The Bertz CT molecular complexity index is 970. The Balaban J connectivity index is 1.58. The largest absolute Gasteiger partial charge is 0.369 e. The molecule has 0 aliphatic carbocycles. The summed E-state index contributed by atoms with van der Waals surface area (Å²) in [5, 5.41) is 7.22. The minimum atomic E-state index is -0.258. The van der Waals surface area contributed by atoms with E-state index in [0.717, 1.165) is 11.1 Å². The SMILES string of the molecule is CC(c1ccc(-c2ccccc2)c(F)c1)c1cc(N2CNCN=C2N)on1. The zero-order chi connectivity index (χ0) is 18.8. The van der Waals surface area contributed by atoms with Gasteiger partial charge in [0.2, 0.25) is 11.8 Å². The molecule has 0 saturated carbocycles. The van der Waals surface area contributed by atoms with Gasteiger partial charge in [0.1, 0.15) is 5.82 Å². The van der Waals surface area contributed by atoms with E-state index in [9.17, 15) is 4.39 Å².